The van der Waals surface area contributed by atoms with E-state index in [0.717, 1.165) is 17.0 Å². The summed E-state index contributed by atoms with van der Waals surface area (Å²) < 4.78 is 0. The van der Waals surface area contributed by atoms with E-state index in [2.05, 4.69) is 16.4 Å². The lowest BCUT2D eigenvalue weighted by Gasteiger charge is -2.18. The molecule has 0 aliphatic heterocycles. The molecule has 0 bridgehead atoms. The summed E-state index contributed by atoms with van der Waals surface area (Å²) in [7, 11) is 0. The molecule has 1 N–H and O–H groups in total. The normalized spacial score (nSPS) is 11.9. The van der Waals surface area contributed by atoms with Crippen LogP contribution in [0.25, 0.3) is 0 Å². The van der Waals surface area contributed by atoms with Crippen molar-refractivity contribution in [2.45, 2.75) is 25.7 Å². The standard InChI is InChI=1S/C17H19ClN2O/c1-2-17(21)20-12-15(10-13-4-3-9-19-11-13)14-5-7-16(18)8-6-14/h3-9,11,15H,2,10,12H2,1H3,(H,20,21). The van der Waals surface area contributed by atoms with Crippen LogP contribution in [0, 0.1) is 0 Å². The van der Waals surface area contributed by atoms with Crippen LogP contribution in [-0.2, 0) is 11.2 Å². The molecule has 110 valence electrons. The molecule has 3 nitrogen and oxygen atoms in total. The predicted octanol–water partition coefficient (Wildman–Crippen LogP) is 3.59. The predicted molar refractivity (Wildman–Crippen MR) is 85.4 cm³/mol. The first-order valence-electron chi connectivity index (χ1n) is 7.10. The third-order valence-electron chi connectivity index (χ3n) is 3.41. The van der Waals surface area contributed by atoms with E-state index >= 15 is 0 Å². The van der Waals surface area contributed by atoms with E-state index in [0.29, 0.717) is 13.0 Å². The topological polar surface area (TPSA) is 42.0 Å². The van der Waals surface area contributed by atoms with Crippen LogP contribution in [0.15, 0.2) is 48.8 Å². The van der Waals surface area contributed by atoms with Gasteiger partial charge < -0.3 is 5.32 Å². The van der Waals surface area contributed by atoms with Gasteiger partial charge in [-0.05, 0) is 35.7 Å². The summed E-state index contributed by atoms with van der Waals surface area (Å²) >= 11 is 5.95. The quantitative estimate of drug-likeness (QED) is 0.886. The van der Waals surface area contributed by atoms with Gasteiger partial charge in [0.15, 0.2) is 0 Å². The van der Waals surface area contributed by atoms with Gasteiger partial charge in [-0.2, -0.15) is 0 Å². The first kappa shape index (κ1) is 15.5. The Hall–Kier alpha value is -1.87. The van der Waals surface area contributed by atoms with Crippen LogP contribution in [-0.4, -0.2) is 17.4 Å². The zero-order valence-electron chi connectivity index (χ0n) is 12.1. The van der Waals surface area contributed by atoms with Crippen LogP contribution < -0.4 is 5.32 Å². The fourth-order valence-corrected chi connectivity index (χ4v) is 2.33. The molecule has 1 heterocycles. The molecular formula is C17H19ClN2O. The van der Waals surface area contributed by atoms with Crippen molar-refractivity contribution in [3.05, 3.63) is 64.9 Å². The van der Waals surface area contributed by atoms with E-state index in [1.807, 2.05) is 43.5 Å². The molecule has 1 aromatic heterocycles. The lowest BCUT2D eigenvalue weighted by Crippen LogP contribution is -2.28. The Morgan fingerprint density at radius 1 is 1.29 bits per heavy atom. The van der Waals surface area contributed by atoms with Crippen LogP contribution in [0.1, 0.15) is 30.4 Å². The van der Waals surface area contributed by atoms with Gasteiger partial charge in [0, 0.05) is 36.3 Å². The number of benzene rings is 1. The zero-order valence-corrected chi connectivity index (χ0v) is 12.8. The van der Waals surface area contributed by atoms with E-state index in [1.165, 1.54) is 5.56 Å². The number of nitrogens with zero attached hydrogens (tertiary/aromatic N) is 1. The maximum Gasteiger partial charge on any atom is 0.219 e. The fourth-order valence-electron chi connectivity index (χ4n) is 2.21. The summed E-state index contributed by atoms with van der Waals surface area (Å²) in [5.74, 6) is 0.280. The van der Waals surface area contributed by atoms with E-state index in [1.54, 1.807) is 6.20 Å². The minimum atomic E-state index is 0.0696. The van der Waals surface area contributed by atoms with E-state index in [4.69, 9.17) is 11.6 Å². The molecule has 0 aliphatic carbocycles. The molecule has 1 atom stereocenters. The van der Waals surface area contributed by atoms with E-state index in [-0.39, 0.29) is 11.8 Å². The number of aromatic nitrogens is 1. The number of hydrogen-bond donors (Lipinski definition) is 1. The zero-order chi connectivity index (χ0) is 15.1. The number of hydrogen-bond acceptors (Lipinski definition) is 2. The Bertz CT molecular complexity index is 569. The van der Waals surface area contributed by atoms with Crippen molar-refractivity contribution in [1.82, 2.24) is 10.3 Å². The van der Waals surface area contributed by atoms with Crippen molar-refractivity contribution in [2.75, 3.05) is 6.54 Å². The molecule has 4 heteroatoms. The van der Waals surface area contributed by atoms with Crippen LogP contribution in [0.4, 0.5) is 0 Å². The monoisotopic (exact) mass is 302 g/mol. The van der Waals surface area contributed by atoms with Gasteiger partial charge >= 0.3 is 0 Å². The smallest absolute Gasteiger partial charge is 0.219 e. The fraction of sp³-hybridized carbons (Fsp3) is 0.294. The molecule has 2 aromatic rings. The molecule has 21 heavy (non-hydrogen) atoms. The number of nitrogens with one attached hydrogen (secondary N) is 1. The Kier molecular flexibility index (Phi) is 5.76. The summed E-state index contributed by atoms with van der Waals surface area (Å²) in [5.41, 5.74) is 2.32. The molecular weight excluding hydrogens is 284 g/mol. The molecule has 1 unspecified atom stereocenters. The number of amides is 1. The third-order valence-corrected chi connectivity index (χ3v) is 3.67. The molecule has 1 amide bonds. The van der Waals surface area contributed by atoms with Crippen molar-refractivity contribution < 1.29 is 4.79 Å². The van der Waals surface area contributed by atoms with Crippen molar-refractivity contribution in [3.8, 4) is 0 Å². The van der Waals surface area contributed by atoms with Gasteiger partial charge in [0.05, 0.1) is 0 Å². The maximum absolute atomic E-state index is 11.5. The number of rotatable bonds is 6. The molecule has 0 aliphatic rings. The van der Waals surface area contributed by atoms with Gasteiger partial charge in [-0.1, -0.05) is 36.7 Å². The molecule has 0 fully saturated rings. The van der Waals surface area contributed by atoms with Gasteiger partial charge in [-0.25, -0.2) is 0 Å². The number of pyridine rings is 1. The van der Waals surface area contributed by atoms with Gasteiger partial charge in [0.2, 0.25) is 5.91 Å². The van der Waals surface area contributed by atoms with Crippen molar-refractivity contribution in [1.29, 1.82) is 0 Å². The Balaban J connectivity index is 2.13. The third kappa shape index (κ3) is 4.87. The average molecular weight is 303 g/mol. The minimum Gasteiger partial charge on any atom is -0.355 e. The summed E-state index contributed by atoms with van der Waals surface area (Å²) in [4.78, 5) is 15.7. The average Bonchev–Trinajstić information content (AvgIpc) is 2.53. The van der Waals surface area contributed by atoms with Gasteiger partial charge in [0.25, 0.3) is 0 Å². The summed E-state index contributed by atoms with van der Waals surface area (Å²) in [6.45, 7) is 2.47. The molecule has 0 spiro atoms. The van der Waals surface area contributed by atoms with Crippen molar-refractivity contribution >= 4 is 17.5 Å². The summed E-state index contributed by atoms with van der Waals surface area (Å²) in [6, 6.07) is 11.8. The van der Waals surface area contributed by atoms with Crippen LogP contribution in [0.2, 0.25) is 5.02 Å². The van der Waals surface area contributed by atoms with Crippen molar-refractivity contribution in [2.24, 2.45) is 0 Å². The summed E-state index contributed by atoms with van der Waals surface area (Å²) in [6.07, 6.45) is 4.96. The number of carbonyl (C=O) groups excluding carboxylic acids is 1. The van der Waals surface area contributed by atoms with Crippen LogP contribution >= 0.6 is 11.6 Å². The second-order valence-electron chi connectivity index (χ2n) is 4.97. The lowest BCUT2D eigenvalue weighted by atomic mass is 9.92. The van der Waals surface area contributed by atoms with Crippen LogP contribution in [0.3, 0.4) is 0 Å². The van der Waals surface area contributed by atoms with Gasteiger partial charge in [-0.3, -0.25) is 9.78 Å². The largest absolute Gasteiger partial charge is 0.355 e. The Labute approximate surface area is 130 Å². The molecule has 0 saturated carbocycles. The van der Waals surface area contributed by atoms with Gasteiger partial charge in [0.1, 0.15) is 0 Å². The second kappa shape index (κ2) is 7.79. The molecule has 1 aromatic carbocycles. The molecule has 0 saturated heterocycles. The van der Waals surface area contributed by atoms with Crippen molar-refractivity contribution in [3.63, 3.8) is 0 Å². The SMILES string of the molecule is CCC(=O)NCC(Cc1cccnc1)c1ccc(Cl)cc1. The van der Waals surface area contributed by atoms with Crippen LogP contribution in [0.5, 0.6) is 0 Å². The van der Waals surface area contributed by atoms with Gasteiger partial charge in [-0.15, -0.1) is 0 Å². The Morgan fingerprint density at radius 3 is 2.67 bits per heavy atom. The first-order chi connectivity index (χ1) is 10.2. The summed E-state index contributed by atoms with van der Waals surface area (Å²) in [5, 5.41) is 3.69. The lowest BCUT2D eigenvalue weighted by molar-refractivity contribution is -0.120. The highest BCUT2D eigenvalue weighted by Crippen LogP contribution is 2.22. The molecule has 0 radical (unpaired) electrons. The number of carbonyl (C=O) groups is 1. The van der Waals surface area contributed by atoms with E-state index in [9.17, 15) is 4.79 Å². The highest BCUT2D eigenvalue weighted by atomic mass is 35.5. The number of halogens is 1. The highest BCUT2D eigenvalue weighted by molar-refractivity contribution is 6.30. The molecule has 2 rings (SSSR count). The minimum absolute atomic E-state index is 0.0696. The van der Waals surface area contributed by atoms with E-state index < -0.39 is 0 Å². The first-order valence-corrected chi connectivity index (χ1v) is 7.48. The maximum atomic E-state index is 11.5. The Morgan fingerprint density at radius 2 is 2.05 bits per heavy atom. The highest BCUT2D eigenvalue weighted by Gasteiger charge is 2.13. The second-order valence-corrected chi connectivity index (χ2v) is 5.41.